The molecule has 1 atom stereocenters. The van der Waals surface area contributed by atoms with Crippen LogP contribution >= 0.6 is 0 Å². The first-order valence-electron chi connectivity index (χ1n) is 5.97. The van der Waals surface area contributed by atoms with Crippen molar-refractivity contribution in [3.63, 3.8) is 0 Å². The van der Waals surface area contributed by atoms with Crippen LogP contribution in [-0.2, 0) is 11.2 Å². The van der Waals surface area contributed by atoms with E-state index < -0.39 is 0 Å². The third kappa shape index (κ3) is 3.42. The van der Waals surface area contributed by atoms with Gasteiger partial charge < -0.3 is 5.32 Å². The molecule has 0 fully saturated rings. The van der Waals surface area contributed by atoms with Crippen molar-refractivity contribution in [1.29, 1.82) is 0 Å². The van der Waals surface area contributed by atoms with Crippen molar-refractivity contribution >= 4 is 5.91 Å². The summed E-state index contributed by atoms with van der Waals surface area (Å²) in [7, 11) is 0. The van der Waals surface area contributed by atoms with E-state index in [0.29, 0.717) is 0 Å². The SMILES string of the molecule is CC(=O)N[C@@H](Cc1ccccc1)c1ccccn1. The Morgan fingerprint density at radius 3 is 2.50 bits per heavy atom. The first kappa shape index (κ1) is 12.3. The van der Waals surface area contributed by atoms with Crippen molar-refractivity contribution in [2.24, 2.45) is 0 Å². The van der Waals surface area contributed by atoms with E-state index in [2.05, 4.69) is 22.4 Å². The Hall–Kier alpha value is -2.16. The van der Waals surface area contributed by atoms with Gasteiger partial charge in [-0.05, 0) is 24.1 Å². The van der Waals surface area contributed by atoms with E-state index in [-0.39, 0.29) is 11.9 Å². The van der Waals surface area contributed by atoms with Crippen LogP contribution in [0.25, 0.3) is 0 Å². The molecule has 1 heterocycles. The van der Waals surface area contributed by atoms with Gasteiger partial charge in [-0.25, -0.2) is 0 Å². The maximum Gasteiger partial charge on any atom is 0.217 e. The molecule has 0 unspecified atom stereocenters. The molecule has 0 aliphatic heterocycles. The van der Waals surface area contributed by atoms with Crippen LogP contribution in [0.2, 0.25) is 0 Å². The Balaban J connectivity index is 2.18. The molecule has 1 amide bonds. The molecule has 3 nitrogen and oxygen atoms in total. The van der Waals surface area contributed by atoms with E-state index in [0.717, 1.165) is 12.1 Å². The number of carbonyl (C=O) groups excluding carboxylic acids is 1. The quantitative estimate of drug-likeness (QED) is 0.892. The van der Waals surface area contributed by atoms with Gasteiger partial charge in [0.2, 0.25) is 5.91 Å². The lowest BCUT2D eigenvalue weighted by molar-refractivity contribution is -0.119. The van der Waals surface area contributed by atoms with Crippen LogP contribution in [0.5, 0.6) is 0 Å². The van der Waals surface area contributed by atoms with Gasteiger partial charge in [0.15, 0.2) is 0 Å². The number of aromatic nitrogens is 1. The lowest BCUT2D eigenvalue weighted by atomic mass is 10.0. The van der Waals surface area contributed by atoms with Crippen LogP contribution in [-0.4, -0.2) is 10.9 Å². The minimum atomic E-state index is -0.0777. The minimum absolute atomic E-state index is 0.0402. The Morgan fingerprint density at radius 2 is 1.89 bits per heavy atom. The van der Waals surface area contributed by atoms with Gasteiger partial charge in [0, 0.05) is 13.1 Å². The summed E-state index contributed by atoms with van der Waals surface area (Å²) < 4.78 is 0. The largest absolute Gasteiger partial charge is 0.348 e. The molecule has 0 spiro atoms. The summed E-state index contributed by atoms with van der Waals surface area (Å²) in [5, 5.41) is 2.94. The van der Waals surface area contributed by atoms with E-state index in [9.17, 15) is 4.79 Å². The maximum atomic E-state index is 11.3. The van der Waals surface area contributed by atoms with Gasteiger partial charge in [-0.15, -0.1) is 0 Å². The number of amides is 1. The average Bonchev–Trinajstić information content (AvgIpc) is 2.40. The van der Waals surface area contributed by atoms with Crippen molar-refractivity contribution in [2.45, 2.75) is 19.4 Å². The van der Waals surface area contributed by atoms with Crippen molar-refractivity contribution in [3.8, 4) is 0 Å². The molecule has 0 radical (unpaired) electrons. The Labute approximate surface area is 107 Å². The first-order valence-corrected chi connectivity index (χ1v) is 5.97. The minimum Gasteiger partial charge on any atom is -0.348 e. The molecule has 0 aliphatic rings. The predicted molar refractivity (Wildman–Crippen MR) is 70.9 cm³/mol. The zero-order valence-corrected chi connectivity index (χ0v) is 10.3. The predicted octanol–water partition coefficient (Wildman–Crippen LogP) is 2.50. The lowest BCUT2D eigenvalue weighted by Crippen LogP contribution is -2.28. The molecule has 1 aromatic carbocycles. The topological polar surface area (TPSA) is 42.0 Å². The fraction of sp³-hybridized carbons (Fsp3) is 0.200. The third-order valence-electron chi connectivity index (χ3n) is 2.70. The molecular weight excluding hydrogens is 224 g/mol. The van der Waals surface area contributed by atoms with Gasteiger partial charge >= 0.3 is 0 Å². The van der Waals surface area contributed by atoms with Gasteiger partial charge in [0.05, 0.1) is 11.7 Å². The average molecular weight is 240 g/mol. The number of benzene rings is 1. The van der Waals surface area contributed by atoms with E-state index in [1.54, 1.807) is 6.20 Å². The molecule has 0 saturated heterocycles. The van der Waals surface area contributed by atoms with Gasteiger partial charge in [-0.3, -0.25) is 9.78 Å². The third-order valence-corrected chi connectivity index (χ3v) is 2.70. The second-order valence-electron chi connectivity index (χ2n) is 4.20. The monoisotopic (exact) mass is 240 g/mol. The molecule has 92 valence electrons. The van der Waals surface area contributed by atoms with Crippen LogP contribution in [0, 0.1) is 0 Å². The molecule has 18 heavy (non-hydrogen) atoms. The smallest absolute Gasteiger partial charge is 0.217 e. The van der Waals surface area contributed by atoms with Crippen molar-refractivity contribution in [2.75, 3.05) is 0 Å². The fourth-order valence-corrected chi connectivity index (χ4v) is 1.91. The normalized spacial score (nSPS) is 11.8. The summed E-state index contributed by atoms with van der Waals surface area (Å²) in [6.07, 6.45) is 2.49. The summed E-state index contributed by atoms with van der Waals surface area (Å²) in [6, 6.07) is 15.7. The van der Waals surface area contributed by atoms with Crippen LogP contribution in [0.15, 0.2) is 54.7 Å². The van der Waals surface area contributed by atoms with E-state index in [4.69, 9.17) is 0 Å². The Kier molecular flexibility index (Phi) is 4.07. The van der Waals surface area contributed by atoms with Crippen LogP contribution in [0.3, 0.4) is 0 Å². The van der Waals surface area contributed by atoms with Gasteiger partial charge in [-0.1, -0.05) is 36.4 Å². The molecular formula is C15H16N2O. The second-order valence-corrected chi connectivity index (χ2v) is 4.20. The van der Waals surface area contributed by atoms with Crippen molar-refractivity contribution in [3.05, 3.63) is 66.0 Å². The lowest BCUT2D eigenvalue weighted by Gasteiger charge is -2.17. The number of pyridine rings is 1. The number of hydrogen-bond acceptors (Lipinski definition) is 2. The van der Waals surface area contributed by atoms with Crippen LogP contribution in [0.4, 0.5) is 0 Å². The van der Waals surface area contributed by atoms with Crippen molar-refractivity contribution in [1.82, 2.24) is 10.3 Å². The molecule has 3 heteroatoms. The number of nitrogens with zero attached hydrogens (tertiary/aromatic N) is 1. The Morgan fingerprint density at radius 1 is 1.17 bits per heavy atom. The molecule has 2 rings (SSSR count). The number of rotatable bonds is 4. The fourth-order valence-electron chi connectivity index (χ4n) is 1.91. The van der Waals surface area contributed by atoms with E-state index in [1.807, 2.05) is 36.4 Å². The highest BCUT2D eigenvalue weighted by Gasteiger charge is 2.14. The van der Waals surface area contributed by atoms with Gasteiger partial charge in [-0.2, -0.15) is 0 Å². The molecule has 0 aliphatic carbocycles. The molecule has 1 aromatic heterocycles. The van der Waals surface area contributed by atoms with Crippen LogP contribution in [0.1, 0.15) is 24.2 Å². The summed E-state index contributed by atoms with van der Waals surface area (Å²) in [5.41, 5.74) is 2.07. The molecule has 2 aromatic rings. The van der Waals surface area contributed by atoms with Gasteiger partial charge in [0.1, 0.15) is 0 Å². The highest BCUT2D eigenvalue weighted by atomic mass is 16.1. The van der Waals surface area contributed by atoms with E-state index in [1.165, 1.54) is 12.5 Å². The molecule has 1 N–H and O–H groups in total. The highest BCUT2D eigenvalue weighted by molar-refractivity contribution is 5.73. The standard InChI is InChI=1S/C15H16N2O/c1-12(18)17-15(14-9-5-6-10-16-14)11-13-7-3-2-4-8-13/h2-10,15H,11H2,1H3,(H,17,18)/t15-/m0/s1. The molecule has 0 bridgehead atoms. The zero-order chi connectivity index (χ0) is 12.8. The number of nitrogens with one attached hydrogen (secondary N) is 1. The maximum absolute atomic E-state index is 11.3. The second kappa shape index (κ2) is 5.96. The molecule has 0 saturated carbocycles. The summed E-state index contributed by atoms with van der Waals surface area (Å²) >= 11 is 0. The summed E-state index contributed by atoms with van der Waals surface area (Å²) in [6.45, 7) is 1.53. The number of carbonyl (C=O) groups is 1. The van der Waals surface area contributed by atoms with Crippen molar-refractivity contribution < 1.29 is 4.79 Å². The highest BCUT2D eigenvalue weighted by Crippen LogP contribution is 2.16. The number of hydrogen-bond donors (Lipinski definition) is 1. The van der Waals surface area contributed by atoms with Gasteiger partial charge in [0.25, 0.3) is 0 Å². The zero-order valence-electron chi connectivity index (χ0n) is 10.3. The Bertz CT molecular complexity index is 496. The summed E-state index contributed by atoms with van der Waals surface area (Å²) in [5.74, 6) is -0.0402. The summed E-state index contributed by atoms with van der Waals surface area (Å²) in [4.78, 5) is 15.6. The van der Waals surface area contributed by atoms with E-state index >= 15 is 0 Å². The van der Waals surface area contributed by atoms with Crippen LogP contribution < -0.4 is 5.32 Å². The first-order chi connectivity index (χ1) is 8.75.